The topological polar surface area (TPSA) is 85.3 Å². The van der Waals surface area contributed by atoms with Gasteiger partial charge < -0.3 is 10.7 Å². The Morgan fingerprint density at radius 2 is 1.84 bits per heavy atom. The molecule has 0 amide bonds. The number of anilines is 2. The normalized spacial score (nSPS) is 23.2. The maximum atomic E-state index is 13.4. The second-order valence-corrected chi connectivity index (χ2v) is 12.4. The Morgan fingerprint density at radius 1 is 1.14 bits per heavy atom. The first-order chi connectivity index (χ1) is 17.7. The molecule has 1 heterocycles. The van der Waals surface area contributed by atoms with E-state index in [1.54, 1.807) is 16.4 Å². The standard InChI is InChI=1S/C29H33FN4O2S/c1-19(2)16-32-37(35,36)34-17-26-28(21-7-5-4-6-8-21)29(26,18-34)25-14-22(15-31)27(13-20(25)3)33-24-11-9-23(30)10-12-24/h4-15,19,26,28,31-33H,16-18H2,1-3H3/t26-,28-,29+/m0/s1. The lowest BCUT2D eigenvalue weighted by Crippen LogP contribution is -2.43. The molecule has 8 heteroatoms. The fourth-order valence-electron chi connectivity index (χ4n) is 5.91. The first kappa shape index (κ1) is 25.6. The van der Waals surface area contributed by atoms with Crippen LogP contribution in [0.2, 0.25) is 0 Å². The zero-order chi connectivity index (χ0) is 26.4. The quantitative estimate of drug-likeness (QED) is 0.333. The number of nitrogens with one attached hydrogen (secondary N) is 3. The molecule has 0 aromatic heterocycles. The molecule has 37 heavy (non-hydrogen) atoms. The van der Waals surface area contributed by atoms with Gasteiger partial charge in [0.25, 0.3) is 10.2 Å². The van der Waals surface area contributed by atoms with Crippen LogP contribution in [0.1, 0.15) is 42.0 Å². The molecule has 1 aliphatic carbocycles. The van der Waals surface area contributed by atoms with Crippen molar-refractivity contribution in [3.63, 3.8) is 0 Å². The van der Waals surface area contributed by atoms with Crippen LogP contribution in [0, 0.1) is 30.0 Å². The summed E-state index contributed by atoms with van der Waals surface area (Å²) in [7, 11) is -3.59. The van der Waals surface area contributed by atoms with Crippen LogP contribution in [0.5, 0.6) is 0 Å². The second kappa shape index (κ2) is 9.67. The van der Waals surface area contributed by atoms with E-state index in [-0.39, 0.29) is 29.0 Å². The average molecular weight is 521 g/mol. The van der Waals surface area contributed by atoms with E-state index >= 15 is 0 Å². The van der Waals surface area contributed by atoms with Crippen LogP contribution >= 0.6 is 0 Å². The number of benzene rings is 3. The van der Waals surface area contributed by atoms with E-state index in [0.717, 1.165) is 22.5 Å². The van der Waals surface area contributed by atoms with Crippen molar-refractivity contribution in [2.24, 2.45) is 11.8 Å². The first-order valence-electron chi connectivity index (χ1n) is 12.6. The van der Waals surface area contributed by atoms with Crippen molar-refractivity contribution in [1.82, 2.24) is 9.03 Å². The van der Waals surface area contributed by atoms with Crippen LogP contribution in [-0.4, -0.2) is 38.6 Å². The van der Waals surface area contributed by atoms with Gasteiger partial charge in [0.05, 0.1) is 0 Å². The largest absolute Gasteiger partial charge is 0.355 e. The number of nitrogens with zero attached hydrogens (tertiary/aromatic N) is 1. The molecule has 2 fully saturated rings. The van der Waals surface area contributed by atoms with Gasteiger partial charge in [-0.3, -0.25) is 0 Å². The molecule has 3 atom stereocenters. The summed E-state index contributed by atoms with van der Waals surface area (Å²) in [5, 5.41) is 11.4. The highest BCUT2D eigenvalue weighted by Crippen LogP contribution is 2.70. The third-order valence-electron chi connectivity index (χ3n) is 7.70. The fourth-order valence-corrected chi connectivity index (χ4v) is 7.38. The minimum Gasteiger partial charge on any atom is -0.355 e. The van der Waals surface area contributed by atoms with Crippen molar-refractivity contribution in [3.05, 3.63) is 94.8 Å². The van der Waals surface area contributed by atoms with Crippen LogP contribution < -0.4 is 10.0 Å². The third kappa shape index (κ3) is 4.69. The lowest BCUT2D eigenvalue weighted by molar-refractivity contribution is 0.410. The first-order valence-corrected chi connectivity index (χ1v) is 14.1. The summed E-state index contributed by atoms with van der Waals surface area (Å²) >= 11 is 0. The summed E-state index contributed by atoms with van der Waals surface area (Å²) in [6, 6.07) is 20.5. The molecule has 0 unspecified atom stereocenters. The molecule has 6 nitrogen and oxygen atoms in total. The number of hydrogen-bond donors (Lipinski definition) is 3. The zero-order valence-corrected chi connectivity index (χ0v) is 22.1. The lowest BCUT2D eigenvalue weighted by Gasteiger charge is -2.26. The van der Waals surface area contributed by atoms with E-state index in [0.29, 0.717) is 25.2 Å². The Morgan fingerprint density at radius 3 is 2.49 bits per heavy atom. The molecule has 1 aliphatic heterocycles. The minimum atomic E-state index is -3.59. The second-order valence-electron chi connectivity index (χ2n) is 10.6. The van der Waals surface area contributed by atoms with Gasteiger partial charge in [0, 0.05) is 54.1 Å². The van der Waals surface area contributed by atoms with Crippen molar-refractivity contribution >= 4 is 27.8 Å². The Labute approximate surface area is 218 Å². The van der Waals surface area contributed by atoms with Crippen molar-refractivity contribution in [2.75, 3.05) is 25.0 Å². The average Bonchev–Trinajstić information content (AvgIpc) is 3.32. The van der Waals surface area contributed by atoms with Crippen molar-refractivity contribution in [2.45, 2.75) is 32.1 Å². The molecular formula is C29H33FN4O2S. The summed E-state index contributed by atoms with van der Waals surface area (Å²) in [6.45, 7) is 7.27. The van der Waals surface area contributed by atoms with Gasteiger partial charge in [0.15, 0.2) is 0 Å². The number of aryl methyl sites for hydroxylation is 1. The summed E-state index contributed by atoms with van der Waals surface area (Å²) in [6.07, 6.45) is 1.31. The predicted molar refractivity (Wildman–Crippen MR) is 146 cm³/mol. The van der Waals surface area contributed by atoms with Crippen LogP contribution in [0.25, 0.3) is 0 Å². The van der Waals surface area contributed by atoms with Gasteiger partial charge in [0.1, 0.15) is 5.82 Å². The SMILES string of the molecule is Cc1cc(Nc2ccc(F)cc2)c(C=N)cc1[C@]12CN(S(=O)(=O)NCC(C)C)C[C@H]1[C@@H]2c1ccccc1. The van der Waals surface area contributed by atoms with Gasteiger partial charge in [-0.05, 0) is 71.8 Å². The van der Waals surface area contributed by atoms with Crippen molar-refractivity contribution in [1.29, 1.82) is 5.41 Å². The number of hydrogen-bond acceptors (Lipinski definition) is 4. The molecular weight excluding hydrogens is 487 g/mol. The Kier molecular flexibility index (Phi) is 6.68. The molecule has 5 rings (SSSR count). The minimum absolute atomic E-state index is 0.152. The van der Waals surface area contributed by atoms with Gasteiger partial charge >= 0.3 is 0 Å². The van der Waals surface area contributed by atoms with E-state index in [2.05, 4.69) is 22.2 Å². The predicted octanol–water partition coefficient (Wildman–Crippen LogP) is 5.33. The van der Waals surface area contributed by atoms with Crippen molar-refractivity contribution in [3.8, 4) is 0 Å². The number of piperidine rings is 1. The molecule has 0 bridgehead atoms. The molecule has 3 N–H and O–H groups in total. The molecule has 3 aromatic carbocycles. The molecule has 0 spiro atoms. The van der Waals surface area contributed by atoms with Gasteiger partial charge in [-0.2, -0.15) is 12.7 Å². The number of halogens is 1. The maximum absolute atomic E-state index is 13.4. The van der Waals surface area contributed by atoms with E-state index in [1.165, 1.54) is 23.9 Å². The van der Waals surface area contributed by atoms with Gasteiger partial charge in [-0.1, -0.05) is 44.2 Å². The molecule has 3 aromatic rings. The van der Waals surface area contributed by atoms with Crippen LogP contribution in [-0.2, 0) is 15.6 Å². The molecule has 2 aliphatic rings. The molecule has 0 radical (unpaired) electrons. The van der Waals surface area contributed by atoms with E-state index < -0.39 is 10.2 Å². The highest BCUT2D eigenvalue weighted by molar-refractivity contribution is 7.87. The summed E-state index contributed by atoms with van der Waals surface area (Å²) in [5.74, 6) is 0.271. The van der Waals surface area contributed by atoms with Crippen LogP contribution in [0.3, 0.4) is 0 Å². The zero-order valence-electron chi connectivity index (χ0n) is 21.3. The smallest absolute Gasteiger partial charge is 0.279 e. The number of rotatable bonds is 9. The molecule has 1 saturated heterocycles. The Hall–Kier alpha value is -3.07. The van der Waals surface area contributed by atoms with E-state index in [1.807, 2.05) is 51.1 Å². The van der Waals surface area contributed by atoms with Gasteiger partial charge in [-0.25, -0.2) is 9.11 Å². The third-order valence-corrected chi connectivity index (χ3v) is 9.19. The summed E-state index contributed by atoms with van der Waals surface area (Å²) in [5.41, 5.74) is 5.16. The summed E-state index contributed by atoms with van der Waals surface area (Å²) < 4.78 is 44.0. The summed E-state index contributed by atoms with van der Waals surface area (Å²) in [4.78, 5) is 0. The number of fused-ring (bicyclic) bond motifs is 1. The van der Waals surface area contributed by atoms with Crippen LogP contribution in [0.15, 0.2) is 66.7 Å². The fraction of sp³-hybridized carbons (Fsp3) is 0.345. The van der Waals surface area contributed by atoms with Crippen molar-refractivity contribution < 1.29 is 12.8 Å². The van der Waals surface area contributed by atoms with E-state index in [9.17, 15) is 12.8 Å². The Balaban J connectivity index is 1.52. The van der Waals surface area contributed by atoms with Crippen LogP contribution in [0.4, 0.5) is 15.8 Å². The van der Waals surface area contributed by atoms with Gasteiger partial charge in [-0.15, -0.1) is 0 Å². The maximum Gasteiger partial charge on any atom is 0.279 e. The lowest BCUT2D eigenvalue weighted by atomic mass is 9.86. The highest BCUT2D eigenvalue weighted by atomic mass is 32.2. The van der Waals surface area contributed by atoms with Gasteiger partial charge in [0.2, 0.25) is 0 Å². The molecule has 194 valence electrons. The monoisotopic (exact) mass is 520 g/mol. The van der Waals surface area contributed by atoms with E-state index in [4.69, 9.17) is 5.41 Å². The highest BCUT2D eigenvalue weighted by Gasteiger charge is 2.71. The Bertz CT molecular complexity index is 1410. The molecule has 1 saturated carbocycles.